The van der Waals surface area contributed by atoms with Crippen LogP contribution in [0.2, 0.25) is 0 Å². The Morgan fingerprint density at radius 1 is 1.12 bits per heavy atom. The summed E-state index contributed by atoms with van der Waals surface area (Å²) in [7, 11) is 0. The lowest BCUT2D eigenvalue weighted by Crippen LogP contribution is -2.35. The average molecular weight is 350 g/mol. The molecule has 1 aliphatic rings. The maximum Gasteiger partial charge on any atom is 0.391 e. The zero-order valence-corrected chi connectivity index (χ0v) is 13.8. The zero-order valence-electron chi connectivity index (χ0n) is 13.8. The molecular weight excluding hydrogens is 329 g/mol. The summed E-state index contributed by atoms with van der Waals surface area (Å²) < 4.78 is 40.5. The fraction of sp³-hybridized carbons (Fsp3) is 0.421. The second kappa shape index (κ2) is 7.33. The highest BCUT2D eigenvalue weighted by molar-refractivity contribution is 5.97. The second-order valence-corrected chi connectivity index (χ2v) is 6.59. The van der Waals surface area contributed by atoms with Crippen LogP contribution in [0.4, 0.5) is 13.2 Å². The van der Waals surface area contributed by atoms with Gasteiger partial charge in [0.2, 0.25) is 0 Å². The van der Waals surface area contributed by atoms with Crippen LogP contribution in [0.25, 0.3) is 5.69 Å². The molecule has 0 bridgehead atoms. The molecule has 2 atom stereocenters. The lowest BCUT2D eigenvalue weighted by Gasteiger charge is -2.30. The number of hydrogen-bond acceptors (Lipinski definition) is 1. The molecule has 25 heavy (non-hydrogen) atoms. The molecule has 2 aromatic rings. The highest BCUT2D eigenvalue weighted by Gasteiger charge is 2.42. The Labute approximate surface area is 144 Å². The Balaban J connectivity index is 1.64. The summed E-state index contributed by atoms with van der Waals surface area (Å²) in [5.41, 5.74) is 1.27. The molecule has 6 heteroatoms. The lowest BCUT2D eigenvalue weighted by molar-refractivity contribution is -0.185. The highest BCUT2D eigenvalue weighted by Crippen LogP contribution is 2.39. The van der Waals surface area contributed by atoms with Crippen LogP contribution in [0.1, 0.15) is 36.0 Å². The summed E-state index contributed by atoms with van der Waals surface area (Å²) in [5.74, 6) is -1.61. The minimum atomic E-state index is -4.14. The molecule has 0 spiro atoms. The molecule has 3 rings (SSSR count). The maximum absolute atomic E-state index is 12.9. The van der Waals surface area contributed by atoms with E-state index in [0.717, 1.165) is 12.1 Å². The van der Waals surface area contributed by atoms with Crippen LogP contribution >= 0.6 is 0 Å². The molecular formula is C19H21F3N2O. The Morgan fingerprint density at radius 2 is 1.84 bits per heavy atom. The van der Waals surface area contributed by atoms with Crippen molar-refractivity contribution in [3.8, 4) is 5.69 Å². The van der Waals surface area contributed by atoms with E-state index in [1.165, 1.54) is 0 Å². The summed E-state index contributed by atoms with van der Waals surface area (Å²) in [4.78, 5) is 12.5. The Morgan fingerprint density at radius 3 is 2.56 bits per heavy atom. The van der Waals surface area contributed by atoms with Crippen molar-refractivity contribution in [2.45, 2.75) is 31.9 Å². The van der Waals surface area contributed by atoms with Crippen LogP contribution < -0.4 is 5.32 Å². The molecule has 1 aromatic carbocycles. The number of nitrogens with zero attached hydrogens (tertiary/aromatic N) is 1. The van der Waals surface area contributed by atoms with Gasteiger partial charge in [0.05, 0.1) is 17.2 Å². The standard InChI is InChI=1S/C19H21F3N2O/c20-19(21,22)15-7-5-6-14(12-15)13-23-18(25)16-8-1-2-9-17(16)24-10-3-4-11-24/h1-4,8-11,14-15H,5-7,12-13H2,(H,23,25). The highest BCUT2D eigenvalue weighted by atomic mass is 19.4. The smallest absolute Gasteiger partial charge is 0.352 e. The number of para-hydroxylation sites is 1. The van der Waals surface area contributed by atoms with E-state index in [-0.39, 0.29) is 31.2 Å². The third kappa shape index (κ3) is 4.24. The number of nitrogens with one attached hydrogen (secondary N) is 1. The van der Waals surface area contributed by atoms with Crippen LogP contribution in [-0.4, -0.2) is 23.2 Å². The predicted molar refractivity (Wildman–Crippen MR) is 89.6 cm³/mol. The molecule has 1 aliphatic carbocycles. The van der Waals surface area contributed by atoms with Crippen LogP contribution in [0, 0.1) is 11.8 Å². The van der Waals surface area contributed by atoms with Crippen molar-refractivity contribution in [3.05, 3.63) is 54.4 Å². The number of rotatable bonds is 4. The quantitative estimate of drug-likeness (QED) is 0.861. The number of carbonyl (C=O) groups excluding carboxylic acids is 1. The molecule has 134 valence electrons. The van der Waals surface area contributed by atoms with Crippen LogP contribution in [0.5, 0.6) is 0 Å². The molecule has 1 N–H and O–H groups in total. The van der Waals surface area contributed by atoms with Gasteiger partial charge in [0.1, 0.15) is 0 Å². The molecule has 0 aliphatic heterocycles. The second-order valence-electron chi connectivity index (χ2n) is 6.59. The van der Waals surface area contributed by atoms with Gasteiger partial charge in [-0.2, -0.15) is 13.2 Å². The summed E-state index contributed by atoms with van der Waals surface area (Å²) in [5, 5.41) is 2.82. The van der Waals surface area contributed by atoms with Crippen molar-refractivity contribution in [1.82, 2.24) is 9.88 Å². The molecule has 1 aromatic heterocycles. The predicted octanol–water partition coefficient (Wildman–Crippen LogP) is 4.58. The molecule has 3 nitrogen and oxygen atoms in total. The van der Waals surface area contributed by atoms with E-state index in [9.17, 15) is 18.0 Å². The Kier molecular flexibility index (Phi) is 5.16. The van der Waals surface area contributed by atoms with Gasteiger partial charge in [-0.25, -0.2) is 0 Å². The SMILES string of the molecule is O=C(NCC1CCCC(C(F)(F)F)C1)c1ccccc1-n1cccc1. The zero-order chi connectivity index (χ0) is 17.9. The van der Waals surface area contributed by atoms with Crippen molar-refractivity contribution in [2.24, 2.45) is 11.8 Å². The van der Waals surface area contributed by atoms with Gasteiger partial charge in [-0.1, -0.05) is 18.6 Å². The van der Waals surface area contributed by atoms with Crippen molar-refractivity contribution in [3.63, 3.8) is 0 Å². The van der Waals surface area contributed by atoms with Crippen molar-refractivity contribution in [2.75, 3.05) is 6.54 Å². The first-order valence-electron chi connectivity index (χ1n) is 8.52. The van der Waals surface area contributed by atoms with Gasteiger partial charge in [0, 0.05) is 18.9 Å². The van der Waals surface area contributed by atoms with E-state index in [2.05, 4.69) is 5.32 Å². The van der Waals surface area contributed by atoms with Crippen molar-refractivity contribution in [1.29, 1.82) is 0 Å². The Bertz CT molecular complexity index is 710. The number of benzene rings is 1. The number of aromatic nitrogens is 1. The minimum absolute atomic E-state index is 0.100. The first-order chi connectivity index (χ1) is 11.9. The van der Waals surface area contributed by atoms with E-state index in [4.69, 9.17) is 0 Å². The maximum atomic E-state index is 12.9. The number of alkyl halides is 3. The molecule has 1 saturated carbocycles. The average Bonchev–Trinajstić information content (AvgIpc) is 3.14. The monoisotopic (exact) mass is 350 g/mol. The van der Waals surface area contributed by atoms with E-state index >= 15 is 0 Å². The van der Waals surface area contributed by atoms with Crippen LogP contribution in [-0.2, 0) is 0 Å². The number of amides is 1. The third-order valence-corrected chi connectivity index (χ3v) is 4.83. The van der Waals surface area contributed by atoms with Gasteiger partial charge in [0.15, 0.2) is 0 Å². The third-order valence-electron chi connectivity index (χ3n) is 4.83. The molecule has 0 saturated heterocycles. The van der Waals surface area contributed by atoms with E-state index in [1.54, 1.807) is 12.1 Å². The van der Waals surface area contributed by atoms with E-state index < -0.39 is 12.1 Å². The number of carbonyl (C=O) groups is 1. The summed E-state index contributed by atoms with van der Waals surface area (Å²) in [6.45, 7) is 0.283. The molecule has 2 unspecified atom stereocenters. The van der Waals surface area contributed by atoms with Gasteiger partial charge in [-0.05, 0) is 49.4 Å². The first kappa shape index (κ1) is 17.6. The summed E-state index contributed by atoms with van der Waals surface area (Å²) in [6.07, 6.45) is 1.15. The minimum Gasteiger partial charge on any atom is -0.352 e. The normalized spacial score (nSPS) is 21.1. The van der Waals surface area contributed by atoms with Crippen LogP contribution in [0.3, 0.4) is 0 Å². The van der Waals surface area contributed by atoms with Crippen LogP contribution in [0.15, 0.2) is 48.8 Å². The molecule has 1 heterocycles. The van der Waals surface area contributed by atoms with Gasteiger partial charge in [-0.3, -0.25) is 4.79 Å². The van der Waals surface area contributed by atoms with Gasteiger partial charge < -0.3 is 9.88 Å². The number of hydrogen-bond donors (Lipinski definition) is 1. The topological polar surface area (TPSA) is 34.0 Å². The largest absolute Gasteiger partial charge is 0.391 e. The fourth-order valence-electron chi connectivity index (χ4n) is 3.49. The van der Waals surface area contributed by atoms with Crippen molar-refractivity contribution >= 4 is 5.91 Å². The summed E-state index contributed by atoms with van der Waals surface area (Å²) >= 11 is 0. The van der Waals surface area contributed by atoms with Gasteiger partial charge >= 0.3 is 6.18 Å². The molecule has 1 fully saturated rings. The molecule has 0 radical (unpaired) electrons. The summed E-state index contributed by atoms with van der Waals surface area (Å²) in [6, 6.07) is 10.9. The Hall–Kier alpha value is -2.24. The van der Waals surface area contributed by atoms with Crippen molar-refractivity contribution < 1.29 is 18.0 Å². The number of halogens is 3. The van der Waals surface area contributed by atoms with Gasteiger partial charge in [-0.15, -0.1) is 0 Å². The van der Waals surface area contributed by atoms with E-state index in [0.29, 0.717) is 12.0 Å². The molecule has 1 amide bonds. The van der Waals surface area contributed by atoms with E-state index in [1.807, 2.05) is 41.2 Å². The lowest BCUT2D eigenvalue weighted by atomic mass is 9.81. The first-order valence-corrected chi connectivity index (χ1v) is 8.52. The van der Waals surface area contributed by atoms with Gasteiger partial charge in [0.25, 0.3) is 5.91 Å². The fourth-order valence-corrected chi connectivity index (χ4v) is 3.49.